The summed E-state index contributed by atoms with van der Waals surface area (Å²) in [6.45, 7) is 3.88. The number of rotatable bonds is 7. The summed E-state index contributed by atoms with van der Waals surface area (Å²) in [7, 11) is 4.04. The summed E-state index contributed by atoms with van der Waals surface area (Å²) in [6, 6.07) is 6.68. The van der Waals surface area contributed by atoms with Crippen LogP contribution in [0.3, 0.4) is 0 Å². The summed E-state index contributed by atoms with van der Waals surface area (Å²) >= 11 is 0. The Balaban J connectivity index is 1.30. The lowest BCUT2D eigenvalue weighted by molar-refractivity contribution is -0.133. The number of aromatic nitrogens is 3. The third-order valence-corrected chi connectivity index (χ3v) is 6.06. The molecule has 1 aromatic carbocycles. The molecule has 2 aromatic rings. The maximum Gasteiger partial charge on any atom is 0.224 e. The molecule has 2 bridgehead atoms. The van der Waals surface area contributed by atoms with Gasteiger partial charge in [0.2, 0.25) is 5.91 Å². The largest absolute Gasteiger partial charge is 0.352 e. The summed E-state index contributed by atoms with van der Waals surface area (Å²) in [5.74, 6) is 0.282. The molecule has 4 heterocycles. The topological polar surface area (TPSA) is 66.3 Å². The van der Waals surface area contributed by atoms with Crippen molar-refractivity contribution in [1.82, 2.24) is 30.1 Å². The average Bonchev–Trinajstić information content (AvgIpc) is 3.13. The van der Waals surface area contributed by atoms with Gasteiger partial charge < -0.3 is 10.2 Å². The van der Waals surface area contributed by atoms with Crippen LogP contribution in [0, 0.1) is 17.7 Å². The number of halogens is 1. The molecule has 0 aliphatic carbocycles. The molecule has 5 rings (SSSR count). The Kier molecular flexibility index (Phi) is 5.91. The molecule has 7 nitrogen and oxygen atoms in total. The van der Waals surface area contributed by atoms with Crippen LogP contribution in [0.4, 0.5) is 4.39 Å². The Morgan fingerprint density at radius 3 is 2.79 bits per heavy atom. The van der Waals surface area contributed by atoms with Crippen LogP contribution in [0.1, 0.15) is 24.1 Å². The number of nitrogens with one attached hydrogen (secondary N) is 1. The zero-order valence-corrected chi connectivity index (χ0v) is 17.1. The normalized spacial score (nSPS) is 26.1. The molecule has 1 unspecified atom stereocenters. The number of nitrogens with zero attached hydrogens (tertiary/aromatic N) is 5. The van der Waals surface area contributed by atoms with Gasteiger partial charge in [0.1, 0.15) is 5.82 Å². The monoisotopic (exact) mass is 400 g/mol. The fraction of sp³-hybridized carbons (Fsp3) is 0.571. The summed E-state index contributed by atoms with van der Waals surface area (Å²) in [4.78, 5) is 17.3. The molecule has 1 aromatic heterocycles. The number of fused-ring (bicyclic) bond motifs is 3. The lowest BCUT2D eigenvalue weighted by Gasteiger charge is -2.49. The number of hydrogen-bond acceptors (Lipinski definition) is 5. The van der Waals surface area contributed by atoms with Gasteiger partial charge in [0, 0.05) is 31.9 Å². The maximum atomic E-state index is 13.0. The lowest BCUT2D eigenvalue weighted by Crippen LogP contribution is -2.58. The molecule has 0 saturated carbocycles. The Labute approximate surface area is 170 Å². The number of amides is 1. The minimum absolute atomic E-state index is 0.0282. The van der Waals surface area contributed by atoms with Crippen molar-refractivity contribution in [3.05, 3.63) is 47.5 Å². The highest BCUT2D eigenvalue weighted by molar-refractivity contribution is 5.79. The van der Waals surface area contributed by atoms with E-state index in [1.165, 1.54) is 12.1 Å². The highest BCUT2D eigenvalue weighted by Crippen LogP contribution is 2.37. The Hall–Kier alpha value is -2.32. The molecular weight excluding hydrogens is 371 g/mol. The van der Waals surface area contributed by atoms with E-state index >= 15 is 0 Å². The van der Waals surface area contributed by atoms with E-state index in [4.69, 9.17) is 0 Å². The van der Waals surface area contributed by atoms with Crippen molar-refractivity contribution in [3.63, 3.8) is 0 Å². The second-order valence-corrected chi connectivity index (χ2v) is 8.55. The molecule has 3 saturated heterocycles. The van der Waals surface area contributed by atoms with Crippen molar-refractivity contribution in [2.24, 2.45) is 11.8 Å². The van der Waals surface area contributed by atoms with Crippen molar-refractivity contribution >= 4 is 5.91 Å². The van der Waals surface area contributed by atoms with Crippen LogP contribution in [0.2, 0.25) is 0 Å². The highest BCUT2D eigenvalue weighted by atomic mass is 19.1. The first-order valence-corrected chi connectivity index (χ1v) is 10.3. The maximum absolute atomic E-state index is 13.0. The predicted octanol–water partition coefficient (Wildman–Crippen LogP) is 1.51. The van der Waals surface area contributed by atoms with Gasteiger partial charge in [0.25, 0.3) is 0 Å². The molecule has 1 amide bonds. The molecule has 0 radical (unpaired) electrons. The van der Waals surface area contributed by atoms with Crippen LogP contribution in [-0.2, 0) is 24.4 Å². The fourth-order valence-electron chi connectivity index (χ4n) is 4.59. The van der Waals surface area contributed by atoms with E-state index in [2.05, 4.69) is 25.4 Å². The van der Waals surface area contributed by atoms with Crippen LogP contribution in [0.5, 0.6) is 0 Å². The van der Waals surface area contributed by atoms with Gasteiger partial charge in [-0.1, -0.05) is 17.3 Å². The molecular formula is C21H29FN6O. The van der Waals surface area contributed by atoms with Gasteiger partial charge >= 0.3 is 0 Å². The first kappa shape index (κ1) is 20.0. The summed E-state index contributed by atoms with van der Waals surface area (Å²) in [5.41, 5.74) is 1.89. The van der Waals surface area contributed by atoms with Gasteiger partial charge in [-0.05, 0) is 57.1 Å². The zero-order valence-electron chi connectivity index (χ0n) is 17.1. The lowest BCUT2D eigenvalue weighted by atomic mass is 9.75. The van der Waals surface area contributed by atoms with Gasteiger partial charge in [-0.15, -0.1) is 5.10 Å². The van der Waals surface area contributed by atoms with Gasteiger partial charge in [0.15, 0.2) is 0 Å². The van der Waals surface area contributed by atoms with E-state index in [0.717, 1.165) is 50.3 Å². The third-order valence-electron chi connectivity index (χ3n) is 6.06. The van der Waals surface area contributed by atoms with Crippen molar-refractivity contribution in [2.75, 3.05) is 27.2 Å². The summed E-state index contributed by atoms with van der Waals surface area (Å²) < 4.78 is 15.0. The molecule has 4 atom stereocenters. The van der Waals surface area contributed by atoms with Crippen LogP contribution >= 0.6 is 0 Å². The molecule has 29 heavy (non-hydrogen) atoms. The standard InChI is InChI=1S/C21H29FN6O/c1-26(2)11-18-12-28(25-24-18)13-19-9-16-7-8-27(19)14-20(16)21(29)23-10-15-3-5-17(22)6-4-15/h3-6,12,16,19-20H,7-11,13-14H2,1-2H3,(H,23,29)/t16-,19+,20-/m0/s1. The second kappa shape index (κ2) is 8.59. The van der Waals surface area contributed by atoms with Crippen LogP contribution < -0.4 is 5.32 Å². The van der Waals surface area contributed by atoms with Crippen molar-refractivity contribution in [2.45, 2.75) is 38.5 Å². The van der Waals surface area contributed by atoms with Crippen LogP contribution in [0.15, 0.2) is 30.5 Å². The molecule has 156 valence electrons. The Morgan fingerprint density at radius 2 is 2.10 bits per heavy atom. The molecule has 0 spiro atoms. The number of carbonyl (C=O) groups excluding carboxylic acids is 1. The fourth-order valence-corrected chi connectivity index (χ4v) is 4.59. The summed E-state index contributed by atoms with van der Waals surface area (Å²) in [5, 5.41) is 11.6. The van der Waals surface area contributed by atoms with E-state index in [-0.39, 0.29) is 17.6 Å². The Bertz CT molecular complexity index is 836. The minimum atomic E-state index is -0.260. The minimum Gasteiger partial charge on any atom is -0.352 e. The molecule has 3 aliphatic rings. The summed E-state index contributed by atoms with van der Waals surface area (Å²) in [6.07, 6.45) is 4.10. The number of hydrogen-bond donors (Lipinski definition) is 1. The van der Waals surface area contributed by atoms with E-state index in [1.54, 1.807) is 12.1 Å². The zero-order chi connectivity index (χ0) is 20.4. The van der Waals surface area contributed by atoms with E-state index in [0.29, 0.717) is 18.5 Å². The molecule has 1 N–H and O–H groups in total. The smallest absolute Gasteiger partial charge is 0.224 e. The quantitative estimate of drug-likeness (QED) is 0.763. The van der Waals surface area contributed by atoms with Gasteiger partial charge in [0.05, 0.1) is 18.2 Å². The van der Waals surface area contributed by atoms with Crippen LogP contribution in [-0.4, -0.2) is 63.9 Å². The highest BCUT2D eigenvalue weighted by Gasteiger charge is 2.43. The van der Waals surface area contributed by atoms with Crippen molar-refractivity contribution in [3.8, 4) is 0 Å². The second-order valence-electron chi connectivity index (χ2n) is 8.55. The Morgan fingerprint density at radius 1 is 1.31 bits per heavy atom. The van der Waals surface area contributed by atoms with E-state index in [9.17, 15) is 9.18 Å². The molecule has 8 heteroatoms. The number of carbonyl (C=O) groups is 1. The number of benzene rings is 1. The van der Waals surface area contributed by atoms with Gasteiger partial charge in [-0.3, -0.25) is 14.4 Å². The predicted molar refractivity (Wildman–Crippen MR) is 107 cm³/mol. The SMILES string of the molecule is CN(C)Cc1cn(C[C@H]2C[C@@H]3CCN2C[C@@H]3C(=O)NCc2ccc(F)cc2)nn1. The van der Waals surface area contributed by atoms with Crippen molar-refractivity contribution in [1.29, 1.82) is 0 Å². The third kappa shape index (κ3) is 4.82. The van der Waals surface area contributed by atoms with E-state index in [1.807, 2.05) is 25.0 Å². The van der Waals surface area contributed by atoms with Gasteiger partial charge in [-0.25, -0.2) is 4.39 Å². The van der Waals surface area contributed by atoms with Gasteiger partial charge in [-0.2, -0.15) is 0 Å². The molecule has 3 fully saturated rings. The first-order chi connectivity index (χ1) is 14.0. The first-order valence-electron chi connectivity index (χ1n) is 10.3. The van der Waals surface area contributed by atoms with Crippen LogP contribution in [0.25, 0.3) is 0 Å². The van der Waals surface area contributed by atoms with E-state index < -0.39 is 0 Å². The number of piperidine rings is 3. The van der Waals surface area contributed by atoms with Crippen molar-refractivity contribution < 1.29 is 9.18 Å². The molecule has 3 aliphatic heterocycles. The average molecular weight is 401 g/mol.